The van der Waals surface area contributed by atoms with Crippen molar-refractivity contribution in [2.45, 2.75) is 20.8 Å². The van der Waals surface area contributed by atoms with Crippen LogP contribution in [0.5, 0.6) is 0 Å². The number of carbonyl (C=O) groups excluding carboxylic acids is 1. The van der Waals surface area contributed by atoms with E-state index >= 15 is 0 Å². The van der Waals surface area contributed by atoms with Gasteiger partial charge in [-0.05, 0) is 68.3 Å². The lowest BCUT2D eigenvalue weighted by molar-refractivity contribution is 0.0525. The van der Waals surface area contributed by atoms with Gasteiger partial charge in [-0.25, -0.2) is 9.59 Å². The van der Waals surface area contributed by atoms with Crippen LogP contribution in [0, 0.1) is 13.8 Å². The number of anilines is 2. The molecule has 140 valence electrons. The van der Waals surface area contributed by atoms with Gasteiger partial charge in [0.15, 0.2) is 0 Å². The number of carboxylic acid groups (broad SMARTS) is 1. The number of rotatable bonds is 5. The molecule has 6 nitrogen and oxygen atoms in total. The number of benzene rings is 2. The molecule has 0 atom stereocenters. The topological polar surface area (TPSA) is 87.7 Å². The minimum atomic E-state index is -0.893. The van der Waals surface area contributed by atoms with E-state index in [1.807, 2.05) is 39.1 Å². The van der Waals surface area contributed by atoms with E-state index in [4.69, 9.17) is 9.84 Å². The molecule has 2 rings (SSSR count). The molecule has 0 saturated carbocycles. The van der Waals surface area contributed by atoms with Crippen molar-refractivity contribution in [2.75, 3.05) is 31.3 Å². The van der Waals surface area contributed by atoms with E-state index in [9.17, 15) is 9.59 Å². The molecule has 6 heteroatoms. The predicted molar refractivity (Wildman–Crippen MR) is 104 cm³/mol. The van der Waals surface area contributed by atoms with Crippen LogP contribution in [0.1, 0.15) is 38.8 Å². The zero-order chi connectivity index (χ0) is 19.7. The van der Waals surface area contributed by atoms with Crippen LogP contribution in [0.3, 0.4) is 0 Å². The third kappa shape index (κ3) is 6.47. The standard InChI is InChI=1S/C11H15NO2.C9H11NO2/c1-4-14-11(13)9-5-8(2)6-10(7-9)12-3;1-6-3-7(9(11)12)5-8(4-6)10-2/h5-7,12H,4H2,1-3H3;3-5,10H,1-2H3,(H,11,12). The lowest BCUT2D eigenvalue weighted by Crippen LogP contribution is -2.05. The number of carboxylic acids is 1. The smallest absolute Gasteiger partial charge is 0.338 e. The summed E-state index contributed by atoms with van der Waals surface area (Å²) in [5, 5.41) is 14.6. The first kappa shape index (κ1) is 21.0. The van der Waals surface area contributed by atoms with Gasteiger partial charge in [0.05, 0.1) is 17.7 Å². The van der Waals surface area contributed by atoms with Gasteiger partial charge in [-0.3, -0.25) is 0 Å². The van der Waals surface area contributed by atoms with Crippen molar-refractivity contribution in [3.63, 3.8) is 0 Å². The predicted octanol–water partition coefficient (Wildman–Crippen LogP) is 3.95. The summed E-state index contributed by atoms with van der Waals surface area (Å²) in [4.78, 5) is 22.0. The average Bonchev–Trinajstić information content (AvgIpc) is 2.61. The fourth-order valence-corrected chi connectivity index (χ4v) is 2.31. The third-order valence-corrected chi connectivity index (χ3v) is 3.49. The van der Waals surface area contributed by atoms with Gasteiger partial charge < -0.3 is 20.5 Å². The molecular formula is C20H26N2O4. The summed E-state index contributed by atoms with van der Waals surface area (Å²) in [7, 11) is 3.59. The van der Waals surface area contributed by atoms with Crippen molar-refractivity contribution in [2.24, 2.45) is 0 Å². The minimum Gasteiger partial charge on any atom is -0.478 e. The van der Waals surface area contributed by atoms with Crippen LogP contribution >= 0.6 is 0 Å². The van der Waals surface area contributed by atoms with Crippen molar-refractivity contribution >= 4 is 23.3 Å². The average molecular weight is 358 g/mol. The van der Waals surface area contributed by atoms with Gasteiger partial charge in [0, 0.05) is 25.5 Å². The molecule has 3 N–H and O–H groups in total. The third-order valence-electron chi connectivity index (χ3n) is 3.49. The minimum absolute atomic E-state index is 0.271. The molecule has 0 aliphatic carbocycles. The molecule has 0 aromatic heterocycles. The molecule has 0 radical (unpaired) electrons. The van der Waals surface area contributed by atoms with Gasteiger partial charge in [0.1, 0.15) is 0 Å². The Bertz CT molecular complexity index is 772. The molecule has 2 aromatic rings. The highest BCUT2D eigenvalue weighted by Crippen LogP contribution is 2.15. The zero-order valence-electron chi connectivity index (χ0n) is 15.8. The fraction of sp³-hybridized carbons (Fsp3) is 0.300. The highest BCUT2D eigenvalue weighted by Gasteiger charge is 2.07. The maximum absolute atomic E-state index is 11.4. The lowest BCUT2D eigenvalue weighted by atomic mass is 10.1. The van der Waals surface area contributed by atoms with E-state index in [0.717, 1.165) is 22.5 Å². The Kier molecular flexibility index (Phi) is 8.15. The second-order valence-electron chi connectivity index (χ2n) is 5.70. The summed E-state index contributed by atoms with van der Waals surface area (Å²) in [5.41, 5.74) is 4.65. The normalized spacial score (nSPS) is 9.58. The van der Waals surface area contributed by atoms with Gasteiger partial charge in [0.2, 0.25) is 0 Å². The Hall–Kier alpha value is -3.02. The van der Waals surface area contributed by atoms with Crippen molar-refractivity contribution in [3.05, 3.63) is 58.7 Å². The number of esters is 1. The van der Waals surface area contributed by atoms with E-state index in [2.05, 4.69) is 10.6 Å². The maximum atomic E-state index is 11.4. The summed E-state index contributed by atoms with van der Waals surface area (Å²) in [6, 6.07) is 10.7. The van der Waals surface area contributed by atoms with Gasteiger partial charge in [0.25, 0.3) is 0 Å². The second kappa shape index (κ2) is 10.1. The second-order valence-corrected chi connectivity index (χ2v) is 5.70. The summed E-state index contributed by atoms with van der Waals surface area (Å²) in [6.45, 7) is 6.02. The van der Waals surface area contributed by atoms with Gasteiger partial charge in [-0.15, -0.1) is 0 Å². The molecule has 0 saturated heterocycles. The lowest BCUT2D eigenvalue weighted by Gasteiger charge is -2.06. The fourth-order valence-electron chi connectivity index (χ4n) is 2.31. The molecule has 2 aromatic carbocycles. The Labute approximate surface area is 154 Å². The maximum Gasteiger partial charge on any atom is 0.338 e. The first-order valence-corrected chi connectivity index (χ1v) is 8.30. The van der Waals surface area contributed by atoms with Gasteiger partial charge in [-0.2, -0.15) is 0 Å². The Morgan fingerprint density at radius 2 is 1.35 bits per heavy atom. The SMILES string of the molecule is CCOC(=O)c1cc(C)cc(NC)c1.CNc1cc(C)cc(C(=O)O)c1. The van der Waals surface area contributed by atoms with Crippen molar-refractivity contribution in [3.8, 4) is 0 Å². The van der Waals surface area contributed by atoms with Crippen molar-refractivity contribution in [1.82, 2.24) is 0 Å². The Balaban J connectivity index is 0.000000263. The molecule has 26 heavy (non-hydrogen) atoms. The van der Waals surface area contributed by atoms with E-state index < -0.39 is 5.97 Å². The molecule has 0 fully saturated rings. The number of carbonyl (C=O) groups is 2. The summed E-state index contributed by atoms with van der Waals surface area (Å²) < 4.78 is 4.92. The first-order chi connectivity index (χ1) is 12.3. The molecule has 0 aliphatic rings. The molecule has 0 aliphatic heterocycles. The first-order valence-electron chi connectivity index (χ1n) is 8.30. The molecule has 0 spiro atoms. The Morgan fingerprint density at radius 1 is 0.885 bits per heavy atom. The number of hydrogen-bond donors (Lipinski definition) is 3. The zero-order valence-corrected chi connectivity index (χ0v) is 15.8. The van der Waals surface area contributed by atoms with E-state index in [1.165, 1.54) is 0 Å². The summed E-state index contributed by atoms with van der Waals surface area (Å²) in [5.74, 6) is -1.16. The van der Waals surface area contributed by atoms with E-state index in [1.54, 1.807) is 32.2 Å². The molecule has 0 amide bonds. The molecule has 0 heterocycles. The van der Waals surface area contributed by atoms with Crippen molar-refractivity contribution in [1.29, 1.82) is 0 Å². The van der Waals surface area contributed by atoms with Crippen LogP contribution in [0.2, 0.25) is 0 Å². The number of aromatic carboxylic acids is 1. The van der Waals surface area contributed by atoms with Crippen LogP contribution in [-0.4, -0.2) is 37.7 Å². The molecule has 0 unspecified atom stereocenters. The number of ether oxygens (including phenoxy) is 1. The Morgan fingerprint density at radius 3 is 1.77 bits per heavy atom. The van der Waals surface area contributed by atoms with Gasteiger partial charge in [-0.1, -0.05) is 0 Å². The van der Waals surface area contributed by atoms with Crippen molar-refractivity contribution < 1.29 is 19.4 Å². The number of nitrogens with one attached hydrogen (secondary N) is 2. The van der Waals surface area contributed by atoms with Crippen LogP contribution in [0.4, 0.5) is 11.4 Å². The highest BCUT2D eigenvalue weighted by molar-refractivity contribution is 5.91. The number of aryl methyl sites for hydroxylation is 2. The van der Waals surface area contributed by atoms with Crippen LogP contribution in [-0.2, 0) is 4.74 Å². The van der Waals surface area contributed by atoms with Crippen LogP contribution in [0.15, 0.2) is 36.4 Å². The highest BCUT2D eigenvalue weighted by atomic mass is 16.5. The molecule has 0 bridgehead atoms. The van der Waals surface area contributed by atoms with E-state index in [-0.39, 0.29) is 5.97 Å². The van der Waals surface area contributed by atoms with Crippen LogP contribution in [0.25, 0.3) is 0 Å². The molecular weight excluding hydrogens is 332 g/mol. The summed E-state index contributed by atoms with van der Waals surface area (Å²) in [6.07, 6.45) is 0. The number of hydrogen-bond acceptors (Lipinski definition) is 5. The van der Waals surface area contributed by atoms with Crippen LogP contribution < -0.4 is 10.6 Å². The quantitative estimate of drug-likeness (QED) is 0.702. The summed E-state index contributed by atoms with van der Waals surface area (Å²) >= 11 is 0. The monoisotopic (exact) mass is 358 g/mol. The van der Waals surface area contributed by atoms with E-state index in [0.29, 0.717) is 17.7 Å². The van der Waals surface area contributed by atoms with Gasteiger partial charge >= 0.3 is 11.9 Å². The largest absolute Gasteiger partial charge is 0.478 e.